The molecule has 102 valence electrons. The molecule has 0 unspecified atom stereocenters. The number of nitrogens with two attached hydrogens (primary N) is 1. The molecule has 0 spiro atoms. The quantitative estimate of drug-likeness (QED) is 0.876. The molecule has 1 aromatic carbocycles. The molecule has 0 aliphatic carbocycles. The van der Waals surface area contributed by atoms with Gasteiger partial charge in [-0.2, -0.15) is 13.2 Å². The molecule has 0 bridgehead atoms. The van der Waals surface area contributed by atoms with Gasteiger partial charge in [-0.15, -0.1) is 11.3 Å². The monoisotopic (exact) mass is 288 g/mol. The lowest BCUT2D eigenvalue weighted by Crippen LogP contribution is -2.16. The second-order valence-electron chi connectivity index (χ2n) is 3.86. The Morgan fingerprint density at radius 1 is 1.21 bits per heavy atom. The minimum Gasteiger partial charge on any atom is -0.399 e. The summed E-state index contributed by atoms with van der Waals surface area (Å²) in [5.74, 6) is 0. The summed E-state index contributed by atoms with van der Waals surface area (Å²) in [7, 11) is 0. The Morgan fingerprint density at radius 3 is 2.53 bits per heavy atom. The Morgan fingerprint density at radius 2 is 1.89 bits per heavy atom. The van der Waals surface area contributed by atoms with Gasteiger partial charge in [0.05, 0.1) is 12.3 Å². The van der Waals surface area contributed by atoms with E-state index in [1.165, 1.54) is 11.3 Å². The molecular weight excluding hydrogens is 277 g/mol. The number of halogens is 3. The Bertz CT molecular complexity index is 537. The molecule has 7 heteroatoms. The van der Waals surface area contributed by atoms with Gasteiger partial charge in [0.25, 0.3) is 0 Å². The van der Waals surface area contributed by atoms with Crippen molar-refractivity contribution in [2.45, 2.75) is 12.8 Å². The molecule has 0 saturated heterocycles. The van der Waals surface area contributed by atoms with E-state index < -0.39 is 12.8 Å². The molecule has 2 N–H and O–H groups in total. The van der Waals surface area contributed by atoms with Crippen molar-refractivity contribution in [1.82, 2.24) is 4.98 Å². The number of rotatable bonds is 4. The van der Waals surface area contributed by atoms with Crippen molar-refractivity contribution in [3.63, 3.8) is 0 Å². The molecule has 1 aromatic heterocycles. The lowest BCUT2D eigenvalue weighted by molar-refractivity contribution is -0.176. The van der Waals surface area contributed by atoms with Crippen LogP contribution in [0.5, 0.6) is 0 Å². The number of thiazole rings is 1. The highest BCUT2D eigenvalue weighted by Gasteiger charge is 2.27. The summed E-state index contributed by atoms with van der Waals surface area (Å²) in [5.41, 5.74) is 7.79. The lowest BCUT2D eigenvalue weighted by atomic mass is 10.1. The zero-order valence-corrected chi connectivity index (χ0v) is 10.6. The molecule has 1 heterocycles. The number of nitrogens with zero attached hydrogens (tertiary/aromatic N) is 1. The van der Waals surface area contributed by atoms with E-state index in [1.54, 1.807) is 17.5 Å². The maximum absolute atomic E-state index is 11.9. The van der Waals surface area contributed by atoms with Crippen molar-refractivity contribution in [2.75, 3.05) is 12.3 Å². The molecule has 0 aliphatic rings. The maximum atomic E-state index is 11.9. The van der Waals surface area contributed by atoms with E-state index in [0.717, 1.165) is 5.56 Å². The molecule has 0 amide bonds. The smallest absolute Gasteiger partial charge is 0.399 e. The number of hydrogen-bond donors (Lipinski definition) is 1. The number of aromatic nitrogens is 1. The van der Waals surface area contributed by atoms with Crippen LogP contribution in [0.1, 0.15) is 5.01 Å². The highest BCUT2D eigenvalue weighted by molar-refractivity contribution is 7.09. The SMILES string of the molecule is Nc1ccc(-c2csc(COCC(F)(F)F)n2)cc1. The molecular formula is C12H11F3N2OS. The Kier molecular flexibility index (Phi) is 4.06. The number of nitrogen functional groups attached to an aromatic ring is 1. The van der Waals surface area contributed by atoms with Crippen molar-refractivity contribution >= 4 is 17.0 Å². The first-order valence-corrected chi connectivity index (χ1v) is 6.27. The molecule has 0 atom stereocenters. The lowest BCUT2D eigenvalue weighted by Gasteiger charge is -2.05. The first kappa shape index (κ1) is 13.8. The fourth-order valence-electron chi connectivity index (χ4n) is 1.42. The average molecular weight is 288 g/mol. The number of benzene rings is 1. The fraction of sp³-hybridized carbons (Fsp3) is 0.250. The van der Waals surface area contributed by atoms with Gasteiger partial charge in [-0.1, -0.05) is 12.1 Å². The summed E-state index contributed by atoms with van der Waals surface area (Å²) in [6, 6.07) is 7.11. The second kappa shape index (κ2) is 5.58. The van der Waals surface area contributed by atoms with Crippen LogP contribution in [0.2, 0.25) is 0 Å². The van der Waals surface area contributed by atoms with Crippen LogP contribution in [0.15, 0.2) is 29.6 Å². The van der Waals surface area contributed by atoms with Crippen molar-refractivity contribution < 1.29 is 17.9 Å². The zero-order chi connectivity index (χ0) is 13.9. The van der Waals surface area contributed by atoms with Gasteiger partial charge in [-0.25, -0.2) is 4.98 Å². The summed E-state index contributed by atoms with van der Waals surface area (Å²) in [5, 5.41) is 2.29. The van der Waals surface area contributed by atoms with Gasteiger partial charge in [0, 0.05) is 16.6 Å². The van der Waals surface area contributed by atoms with Crippen LogP contribution in [0.4, 0.5) is 18.9 Å². The topological polar surface area (TPSA) is 48.1 Å². The first-order valence-electron chi connectivity index (χ1n) is 5.39. The summed E-state index contributed by atoms with van der Waals surface area (Å²) >= 11 is 1.26. The van der Waals surface area contributed by atoms with E-state index in [-0.39, 0.29) is 6.61 Å². The Labute approximate surface area is 111 Å². The van der Waals surface area contributed by atoms with Gasteiger partial charge in [0.1, 0.15) is 11.6 Å². The third kappa shape index (κ3) is 4.22. The van der Waals surface area contributed by atoms with Gasteiger partial charge >= 0.3 is 6.18 Å². The third-order valence-corrected chi connectivity index (χ3v) is 3.07. The van der Waals surface area contributed by atoms with Gasteiger partial charge in [-0.05, 0) is 12.1 Å². The minimum atomic E-state index is -4.31. The highest BCUT2D eigenvalue weighted by Crippen LogP contribution is 2.23. The van der Waals surface area contributed by atoms with E-state index in [9.17, 15) is 13.2 Å². The van der Waals surface area contributed by atoms with Crippen LogP contribution >= 0.6 is 11.3 Å². The van der Waals surface area contributed by atoms with Crippen molar-refractivity contribution in [2.24, 2.45) is 0 Å². The average Bonchev–Trinajstić information content (AvgIpc) is 2.77. The molecule has 0 saturated carbocycles. The molecule has 2 rings (SSSR count). The van der Waals surface area contributed by atoms with Crippen LogP contribution in [0, 0.1) is 0 Å². The van der Waals surface area contributed by atoms with E-state index in [1.807, 2.05) is 12.1 Å². The predicted molar refractivity (Wildman–Crippen MR) is 67.7 cm³/mol. The summed E-state index contributed by atoms with van der Waals surface area (Å²) in [4.78, 5) is 4.22. The molecule has 2 aromatic rings. The molecule has 0 radical (unpaired) electrons. The second-order valence-corrected chi connectivity index (χ2v) is 4.80. The zero-order valence-electron chi connectivity index (χ0n) is 9.78. The molecule has 0 fully saturated rings. The van der Waals surface area contributed by atoms with E-state index in [4.69, 9.17) is 5.73 Å². The Hall–Kier alpha value is -1.60. The third-order valence-electron chi connectivity index (χ3n) is 2.25. The Balaban J connectivity index is 1.97. The van der Waals surface area contributed by atoms with Gasteiger partial charge in [0.2, 0.25) is 0 Å². The van der Waals surface area contributed by atoms with E-state index in [0.29, 0.717) is 16.4 Å². The predicted octanol–water partition coefficient (Wildman–Crippen LogP) is 3.47. The normalized spacial score (nSPS) is 11.7. The maximum Gasteiger partial charge on any atom is 0.411 e. The molecule has 3 nitrogen and oxygen atoms in total. The van der Waals surface area contributed by atoms with E-state index in [2.05, 4.69) is 9.72 Å². The van der Waals surface area contributed by atoms with Crippen LogP contribution < -0.4 is 5.73 Å². The fourth-order valence-corrected chi connectivity index (χ4v) is 2.16. The minimum absolute atomic E-state index is 0.140. The van der Waals surface area contributed by atoms with Crippen molar-refractivity contribution in [3.8, 4) is 11.3 Å². The van der Waals surface area contributed by atoms with Crippen molar-refractivity contribution in [1.29, 1.82) is 0 Å². The number of hydrogen-bond acceptors (Lipinski definition) is 4. The molecule has 0 aliphatic heterocycles. The number of ether oxygens (including phenoxy) is 1. The van der Waals surface area contributed by atoms with Gasteiger partial charge < -0.3 is 10.5 Å². The van der Waals surface area contributed by atoms with Crippen LogP contribution in [0.3, 0.4) is 0 Å². The highest BCUT2D eigenvalue weighted by atomic mass is 32.1. The summed E-state index contributed by atoms with van der Waals surface area (Å²) in [6.45, 7) is -1.40. The largest absolute Gasteiger partial charge is 0.411 e. The van der Waals surface area contributed by atoms with Crippen LogP contribution in [-0.2, 0) is 11.3 Å². The summed E-state index contributed by atoms with van der Waals surface area (Å²) in [6.07, 6.45) is -4.31. The standard InChI is InChI=1S/C12H11F3N2OS/c13-12(14,15)7-18-5-11-17-10(6-19-11)8-1-3-9(16)4-2-8/h1-4,6H,5,7,16H2. The van der Waals surface area contributed by atoms with E-state index >= 15 is 0 Å². The number of alkyl halides is 3. The van der Waals surface area contributed by atoms with Gasteiger partial charge in [-0.3, -0.25) is 0 Å². The summed E-state index contributed by atoms with van der Waals surface area (Å²) < 4.78 is 40.3. The van der Waals surface area contributed by atoms with Crippen molar-refractivity contribution in [3.05, 3.63) is 34.7 Å². The van der Waals surface area contributed by atoms with Crippen LogP contribution in [-0.4, -0.2) is 17.8 Å². The van der Waals surface area contributed by atoms with Gasteiger partial charge in [0.15, 0.2) is 0 Å². The first-order chi connectivity index (χ1) is 8.94. The number of anilines is 1. The van der Waals surface area contributed by atoms with Crippen LogP contribution in [0.25, 0.3) is 11.3 Å². The molecule has 19 heavy (non-hydrogen) atoms.